The maximum absolute atomic E-state index is 12.1. The number of unbranched alkanes of at least 4 members (excludes halogenated alkanes) is 1. The summed E-state index contributed by atoms with van der Waals surface area (Å²) in [6, 6.07) is 1.41. The third-order valence-corrected chi connectivity index (χ3v) is 4.95. The summed E-state index contributed by atoms with van der Waals surface area (Å²) < 4.78 is 26.7. The Balaban J connectivity index is 2.65. The van der Waals surface area contributed by atoms with Gasteiger partial charge in [0.1, 0.15) is 10.7 Å². The molecule has 0 spiro atoms. The van der Waals surface area contributed by atoms with E-state index < -0.39 is 10.0 Å². The Labute approximate surface area is 129 Å². The van der Waals surface area contributed by atoms with Crippen molar-refractivity contribution in [2.24, 2.45) is 0 Å². The first-order valence-corrected chi connectivity index (χ1v) is 9.64. The number of aromatic nitrogens is 1. The molecular weight excluding hydrogens is 318 g/mol. The smallest absolute Gasteiger partial charge is 0.242 e. The molecule has 20 heavy (non-hydrogen) atoms. The summed E-state index contributed by atoms with van der Waals surface area (Å²) in [4.78, 5) is 4.12. The Kier molecular flexibility index (Phi) is 7.65. The summed E-state index contributed by atoms with van der Waals surface area (Å²) in [5, 5.41) is 3.26. The lowest BCUT2D eigenvalue weighted by atomic mass is 10.3. The van der Waals surface area contributed by atoms with Crippen LogP contribution in [0.1, 0.15) is 19.8 Å². The second-order valence-corrected chi connectivity index (χ2v) is 7.29. The summed E-state index contributed by atoms with van der Waals surface area (Å²) in [5.74, 6) is 1.53. The molecule has 1 rings (SSSR count). The fourth-order valence-electron chi connectivity index (χ4n) is 1.53. The number of thioether (sulfide) groups is 1. The third kappa shape index (κ3) is 5.47. The van der Waals surface area contributed by atoms with Crippen molar-refractivity contribution in [1.82, 2.24) is 9.71 Å². The summed E-state index contributed by atoms with van der Waals surface area (Å²) >= 11 is 7.75. The van der Waals surface area contributed by atoms with Crippen molar-refractivity contribution in [3.8, 4) is 0 Å². The van der Waals surface area contributed by atoms with Crippen molar-refractivity contribution in [1.29, 1.82) is 0 Å². The number of rotatable bonds is 9. The number of anilines is 1. The highest BCUT2D eigenvalue weighted by Crippen LogP contribution is 2.22. The van der Waals surface area contributed by atoms with Crippen LogP contribution in [0.3, 0.4) is 0 Å². The molecule has 1 aromatic rings. The van der Waals surface area contributed by atoms with E-state index in [1.807, 2.05) is 13.2 Å². The van der Waals surface area contributed by atoms with Gasteiger partial charge >= 0.3 is 0 Å². The second-order valence-electron chi connectivity index (χ2n) is 4.13. The summed E-state index contributed by atoms with van der Waals surface area (Å²) in [7, 11) is -3.53. The minimum Gasteiger partial charge on any atom is -0.369 e. The van der Waals surface area contributed by atoms with Gasteiger partial charge in [-0.1, -0.05) is 11.6 Å². The summed E-state index contributed by atoms with van der Waals surface area (Å²) in [6.07, 6.45) is 5.15. The Morgan fingerprint density at radius 2 is 2.15 bits per heavy atom. The van der Waals surface area contributed by atoms with E-state index in [-0.39, 0.29) is 4.90 Å². The normalized spacial score (nSPS) is 11.6. The molecule has 5 nitrogen and oxygen atoms in total. The van der Waals surface area contributed by atoms with E-state index in [4.69, 9.17) is 11.6 Å². The highest BCUT2D eigenvalue weighted by atomic mass is 35.5. The zero-order valence-corrected chi connectivity index (χ0v) is 14.0. The van der Waals surface area contributed by atoms with Gasteiger partial charge in [-0.25, -0.2) is 18.1 Å². The molecule has 114 valence electrons. The SMILES string of the molecule is CCNc1ncc(S(=O)(=O)NCCCCSC)cc1Cl. The minimum absolute atomic E-state index is 0.0917. The van der Waals surface area contributed by atoms with Gasteiger partial charge in [0.15, 0.2) is 0 Å². The Bertz CT molecular complexity index is 523. The van der Waals surface area contributed by atoms with Gasteiger partial charge in [-0.05, 0) is 37.8 Å². The molecule has 0 fully saturated rings. The van der Waals surface area contributed by atoms with Crippen molar-refractivity contribution in [3.05, 3.63) is 17.3 Å². The van der Waals surface area contributed by atoms with E-state index in [1.165, 1.54) is 12.3 Å². The monoisotopic (exact) mass is 337 g/mol. The lowest BCUT2D eigenvalue weighted by molar-refractivity contribution is 0.578. The number of nitrogens with one attached hydrogen (secondary N) is 2. The van der Waals surface area contributed by atoms with Crippen LogP contribution < -0.4 is 10.0 Å². The molecule has 0 unspecified atom stereocenters. The average molecular weight is 338 g/mol. The van der Waals surface area contributed by atoms with E-state index in [0.717, 1.165) is 18.6 Å². The van der Waals surface area contributed by atoms with E-state index in [9.17, 15) is 8.42 Å². The third-order valence-electron chi connectivity index (χ3n) is 2.54. The van der Waals surface area contributed by atoms with Gasteiger partial charge in [-0.2, -0.15) is 11.8 Å². The number of nitrogens with zero attached hydrogens (tertiary/aromatic N) is 1. The van der Waals surface area contributed by atoms with Crippen LogP contribution in [0.2, 0.25) is 5.02 Å². The van der Waals surface area contributed by atoms with Crippen molar-refractivity contribution < 1.29 is 8.42 Å². The van der Waals surface area contributed by atoms with Crippen LogP contribution in [-0.4, -0.2) is 38.5 Å². The molecule has 0 atom stereocenters. The summed E-state index contributed by atoms with van der Waals surface area (Å²) in [6.45, 7) is 3.01. The molecule has 0 aromatic carbocycles. The van der Waals surface area contributed by atoms with E-state index in [0.29, 0.717) is 23.9 Å². The predicted molar refractivity (Wildman–Crippen MR) is 86.2 cm³/mol. The van der Waals surface area contributed by atoms with Crippen molar-refractivity contribution in [2.75, 3.05) is 30.4 Å². The van der Waals surface area contributed by atoms with Gasteiger partial charge in [0.25, 0.3) is 0 Å². The lowest BCUT2D eigenvalue weighted by Crippen LogP contribution is -2.25. The van der Waals surface area contributed by atoms with Gasteiger partial charge in [0, 0.05) is 19.3 Å². The van der Waals surface area contributed by atoms with Crippen molar-refractivity contribution in [3.63, 3.8) is 0 Å². The van der Waals surface area contributed by atoms with Crippen LogP contribution in [0.5, 0.6) is 0 Å². The number of halogens is 1. The highest BCUT2D eigenvalue weighted by Gasteiger charge is 2.15. The Morgan fingerprint density at radius 1 is 1.40 bits per heavy atom. The molecule has 0 saturated carbocycles. The number of hydrogen-bond donors (Lipinski definition) is 2. The van der Waals surface area contributed by atoms with Crippen molar-refractivity contribution >= 4 is 39.2 Å². The fourth-order valence-corrected chi connectivity index (χ4v) is 3.36. The molecular formula is C12H20ClN3O2S2. The van der Waals surface area contributed by atoms with E-state index in [1.54, 1.807) is 11.8 Å². The average Bonchev–Trinajstić information content (AvgIpc) is 2.41. The quantitative estimate of drug-likeness (QED) is 0.678. The zero-order valence-electron chi connectivity index (χ0n) is 11.6. The molecule has 0 bridgehead atoms. The zero-order chi connectivity index (χ0) is 15.0. The van der Waals surface area contributed by atoms with Gasteiger partial charge in [-0.15, -0.1) is 0 Å². The lowest BCUT2D eigenvalue weighted by Gasteiger charge is -2.09. The largest absolute Gasteiger partial charge is 0.369 e. The van der Waals surface area contributed by atoms with Crippen LogP contribution in [0.15, 0.2) is 17.2 Å². The first-order valence-electron chi connectivity index (χ1n) is 6.39. The van der Waals surface area contributed by atoms with Crippen LogP contribution in [0.4, 0.5) is 5.82 Å². The molecule has 0 aliphatic heterocycles. The molecule has 1 heterocycles. The molecule has 0 aliphatic carbocycles. The predicted octanol–water partition coefficient (Wildman–Crippen LogP) is 2.59. The molecule has 2 N–H and O–H groups in total. The van der Waals surface area contributed by atoms with Crippen LogP contribution in [-0.2, 0) is 10.0 Å². The molecule has 8 heteroatoms. The van der Waals surface area contributed by atoms with Gasteiger partial charge in [0.2, 0.25) is 10.0 Å². The Morgan fingerprint density at radius 3 is 2.75 bits per heavy atom. The summed E-state index contributed by atoms with van der Waals surface area (Å²) in [5.41, 5.74) is 0. The Hall–Kier alpha value is -0.500. The fraction of sp³-hybridized carbons (Fsp3) is 0.583. The first kappa shape index (κ1) is 17.6. The van der Waals surface area contributed by atoms with E-state index >= 15 is 0 Å². The van der Waals surface area contributed by atoms with E-state index in [2.05, 4.69) is 15.0 Å². The molecule has 0 saturated heterocycles. The van der Waals surface area contributed by atoms with Crippen molar-refractivity contribution in [2.45, 2.75) is 24.7 Å². The topological polar surface area (TPSA) is 71.1 Å². The van der Waals surface area contributed by atoms with Gasteiger partial charge in [-0.3, -0.25) is 0 Å². The van der Waals surface area contributed by atoms with Gasteiger partial charge in [0.05, 0.1) is 5.02 Å². The second kappa shape index (κ2) is 8.71. The number of hydrogen-bond acceptors (Lipinski definition) is 5. The van der Waals surface area contributed by atoms with Gasteiger partial charge < -0.3 is 5.32 Å². The first-order chi connectivity index (χ1) is 9.51. The highest BCUT2D eigenvalue weighted by molar-refractivity contribution is 7.98. The molecule has 0 amide bonds. The molecule has 0 aliphatic rings. The maximum Gasteiger partial charge on any atom is 0.242 e. The van der Waals surface area contributed by atoms with Crippen LogP contribution >= 0.6 is 23.4 Å². The van der Waals surface area contributed by atoms with Crippen LogP contribution in [0.25, 0.3) is 0 Å². The standard InChI is InChI=1S/C12H20ClN3O2S2/c1-3-14-12-11(13)8-10(9-15-12)20(17,18)16-6-4-5-7-19-2/h8-9,16H,3-7H2,1-2H3,(H,14,15). The number of pyridine rings is 1. The minimum atomic E-state index is -3.53. The molecule has 1 aromatic heterocycles. The number of sulfonamides is 1. The molecule has 0 radical (unpaired) electrons. The van der Waals surface area contributed by atoms with Crippen LogP contribution in [0, 0.1) is 0 Å². The maximum atomic E-state index is 12.1.